The van der Waals surface area contributed by atoms with Crippen molar-refractivity contribution in [3.63, 3.8) is 0 Å². The standard InChI is InChI=1S/C25H20FNO2/c1-17-15-18(12-13-24(17)26)7-6-14-27-25(28)29-16-23-21-10-4-2-8-19(21)20-9-3-5-11-22(20)23/h2-5,8-13,15,23H,14,16H2,1H3,(H,27,28). The topological polar surface area (TPSA) is 38.3 Å². The number of hydrogen-bond donors (Lipinski definition) is 1. The second-order valence-electron chi connectivity index (χ2n) is 6.94. The number of alkyl carbamates (subject to hydrolysis) is 1. The first-order valence-corrected chi connectivity index (χ1v) is 9.47. The zero-order valence-corrected chi connectivity index (χ0v) is 16.0. The number of carbonyl (C=O) groups excluding carboxylic acids is 1. The van der Waals surface area contributed by atoms with Crippen LogP contribution in [0.25, 0.3) is 11.1 Å². The van der Waals surface area contributed by atoms with Gasteiger partial charge in [-0.15, -0.1) is 0 Å². The molecular formula is C25H20FNO2. The fraction of sp³-hybridized carbons (Fsp3) is 0.160. The van der Waals surface area contributed by atoms with Crippen LogP contribution in [0, 0.1) is 24.6 Å². The Balaban J connectivity index is 1.35. The van der Waals surface area contributed by atoms with E-state index < -0.39 is 6.09 Å². The summed E-state index contributed by atoms with van der Waals surface area (Å²) in [6.07, 6.45) is -0.503. The molecule has 0 bridgehead atoms. The maximum absolute atomic E-state index is 13.3. The van der Waals surface area contributed by atoms with E-state index in [0.29, 0.717) is 11.1 Å². The van der Waals surface area contributed by atoms with Crippen molar-refractivity contribution in [1.82, 2.24) is 5.32 Å². The molecule has 0 fully saturated rings. The summed E-state index contributed by atoms with van der Waals surface area (Å²) in [5.74, 6) is 5.53. The lowest BCUT2D eigenvalue weighted by atomic mass is 9.98. The van der Waals surface area contributed by atoms with Gasteiger partial charge in [-0.1, -0.05) is 60.4 Å². The molecule has 0 saturated heterocycles. The summed E-state index contributed by atoms with van der Waals surface area (Å²) in [6, 6.07) is 21.1. The molecule has 4 heteroatoms. The molecule has 1 aliphatic carbocycles. The molecular weight excluding hydrogens is 365 g/mol. The molecule has 0 aliphatic heterocycles. The molecule has 1 aliphatic rings. The number of hydrogen-bond acceptors (Lipinski definition) is 2. The molecule has 3 aromatic carbocycles. The normalized spacial score (nSPS) is 11.8. The summed E-state index contributed by atoms with van der Waals surface area (Å²) in [6.45, 7) is 2.12. The Bertz CT molecular complexity index is 1080. The van der Waals surface area contributed by atoms with Gasteiger partial charge in [-0.3, -0.25) is 0 Å². The summed E-state index contributed by atoms with van der Waals surface area (Å²) in [4.78, 5) is 12.1. The van der Waals surface area contributed by atoms with Crippen molar-refractivity contribution in [2.24, 2.45) is 0 Å². The molecule has 3 nitrogen and oxygen atoms in total. The summed E-state index contributed by atoms with van der Waals surface area (Å²) in [7, 11) is 0. The van der Waals surface area contributed by atoms with Crippen LogP contribution in [-0.4, -0.2) is 19.2 Å². The van der Waals surface area contributed by atoms with Gasteiger partial charge in [0, 0.05) is 11.5 Å². The fourth-order valence-corrected chi connectivity index (χ4v) is 3.63. The molecule has 1 N–H and O–H groups in total. The highest BCUT2D eigenvalue weighted by Crippen LogP contribution is 2.44. The Kier molecular flexibility index (Phi) is 5.31. The molecule has 0 heterocycles. The first kappa shape index (κ1) is 18.8. The summed E-state index contributed by atoms with van der Waals surface area (Å²) in [5.41, 5.74) is 5.98. The largest absolute Gasteiger partial charge is 0.449 e. The molecule has 0 atom stereocenters. The number of fused-ring (bicyclic) bond motifs is 3. The van der Waals surface area contributed by atoms with Gasteiger partial charge in [0.05, 0.1) is 6.54 Å². The Morgan fingerprint density at radius 1 is 1.03 bits per heavy atom. The van der Waals surface area contributed by atoms with Crippen LogP contribution < -0.4 is 5.32 Å². The Morgan fingerprint density at radius 3 is 2.34 bits per heavy atom. The number of amides is 1. The van der Waals surface area contributed by atoms with Gasteiger partial charge in [-0.05, 0) is 52.9 Å². The minimum absolute atomic E-state index is 0.0291. The summed E-state index contributed by atoms with van der Waals surface area (Å²) < 4.78 is 18.7. The molecule has 0 spiro atoms. The minimum Gasteiger partial charge on any atom is -0.449 e. The lowest BCUT2D eigenvalue weighted by Gasteiger charge is -2.14. The molecule has 0 unspecified atom stereocenters. The van der Waals surface area contributed by atoms with Gasteiger partial charge in [0.25, 0.3) is 0 Å². The van der Waals surface area contributed by atoms with Crippen LogP contribution in [0.4, 0.5) is 9.18 Å². The first-order valence-electron chi connectivity index (χ1n) is 9.47. The zero-order chi connectivity index (χ0) is 20.2. The second-order valence-corrected chi connectivity index (χ2v) is 6.94. The van der Waals surface area contributed by atoms with E-state index in [0.717, 1.165) is 0 Å². The van der Waals surface area contributed by atoms with E-state index in [-0.39, 0.29) is 24.9 Å². The number of nitrogens with one attached hydrogen (secondary N) is 1. The summed E-state index contributed by atoms with van der Waals surface area (Å²) >= 11 is 0. The molecule has 1 amide bonds. The Morgan fingerprint density at radius 2 is 1.69 bits per heavy atom. The predicted molar refractivity (Wildman–Crippen MR) is 111 cm³/mol. The van der Waals surface area contributed by atoms with E-state index in [1.165, 1.54) is 28.3 Å². The second kappa shape index (κ2) is 8.20. The van der Waals surface area contributed by atoms with Crippen molar-refractivity contribution in [2.45, 2.75) is 12.8 Å². The van der Waals surface area contributed by atoms with Crippen molar-refractivity contribution in [3.05, 3.63) is 94.8 Å². The lowest BCUT2D eigenvalue weighted by Crippen LogP contribution is -2.26. The number of rotatable bonds is 3. The molecule has 0 saturated carbocycles. The van der Waals surface area contributed by atoms with E-state index in [1.54, 1.807) is 19.1 Å². The fourth-order valence-electron chi connectivity index (χ4n) is 3.63. The average Bonchev–Trinajstić information content (AvgIpc) is 3.06. The van der Waals surface area contributed by atoms with E-state index in [9.17, 15) is 9.18 Å². The molecule has 4 rings (SSSR count). The highest BCUT2D eigenvalue weighted by atomic mass is 19.1. The quantitative estimate of drug-likeness (QED) is 0.643. The molecule has 0 aromatic heterocycles. The van der Waals surface area contributed by atoms with Crippen LogP contribution in [0.5, 0.6) is 0 Å². The van der Waals surface area contributed by atoms with Crippen molar-refractivity contribution in [3.8, 4) is 23.0 Å². The molecule has 144 valence electrons. The number of ether oxygens (including phenoxy) is 1. The van der Waals surface area contributed by atoms with Crippen LogP contribution in [0.1, 0.15) is 28.2 Å². The molecule has 3 aromatic rings. The van der Waals surface area contributed by atoms with Gasteiger partial charge in [-0.2, -0.15) is 0 Å². The van der Waals surface area contributed by atoms with Gasteiger partial charge in [0.15, 0.2) is 0 Å². The van der Waals surface area contributed by atoms with Crippen LogP contribution in [0.15, 0.2) is 66.7 Å². The molecule has 29 heavy (non-hydrogen) atoms. The van der Waals surface area contributed by atoms with Crippen molar-refractivity contribution < 1.29 is 13.9 Å². The van der Waals surface area contributed by atoms with Gasteiger partial charge in [0.1, 0.15) is 12.4 Å². The third kappa shape index (κ3) is 4.00. The van der Waals surface area contributed by atoms with Crippen molar-refractivity contribution in [2.75, 3.05) is 13.2 Å². The maximum Gasteiger partial charge on any atom is 0.407 e. The number of benzene rings is 3. The minimum atomic E-state index is -0.503. The summed E-state index contributed by atoms with van der Waals surface area (Å²) in [5, 5.41) is 2.64. The van der Waals surface area contributed by atoms with Gasteiger partial charge < -0.3 is 10.1 Å². The maximum atomic E-state index is 13.3. The predicted octanol–water partition coefficient (Wildman–Crippen LogP) is 5.02. The van der Waals surface area contributed by atoms with E-state index in [2.05, 4.69) is 41.4 Å². The zero-order valence-electron chi connectivity index (χ0n) is 16.0. The van der Waals surface area contributed by atoms with Gasteiger partial charge >= 0.3 is 6.09 Å². The van der Waals surface area contributed by atoms with Crippen LogP contribution in [-0.2, 0) is 4.74 Å². The van der Waals surface area contributed by atoms with Crippen molar-refractivity contribution in [1.29, 1.82) is 0 Å². The number of aryl methyl sites for hydroxylation is 1. The van der Waals surface area contributed by atoms with Crippen molar-refractivity contribution >= 4 is 6.09 Å². The lowest BCUT2D eigenvalue weighted by molar-refractivity contribution is 0.144. The van der Waals surface area contributed by atoms with Gasteiger partial charge in [-0.25, -0.2) is 9.18 Å². The number of carbonyl (C=O) groups is 1. The van der Waals surface area contributed by atoms with E-state index in [1.807, 2.05) is 24.3 Å². The highest BCUT2D eigenvalue weighted by molar-refractivity contribution is 5.79. The monoisotopic (exact) mass is 385 g/mol. The first-order chi connectivity index (χ1) is 14.1. The Labute approximate surface area is 169 Å². The highest BCUT2D eigenvalue weighted by Gasteiger charge is 2.28. The third-order valence-corrected chi connectivity index (χ3v) is 5.06. The third-order valence-electron chi connectivity index (χ3n) is 5.06. The average molecular weight is 385 g/mol. The van der Waals surface area contributed by atoms with Gasteiger partial charge in [0.2, 0.25) is 0 Å². The van der Waals surface area contributed by atoms with E-state index >= 15 is 0 Å². The number of halogens is 1. The van der Waals surface area contributed by atoms with Crippen LogP contribution >= 0.6 is 0 Å². The van der Waals surface area contributed by atoms with Crippen LogP contribution in [0.2, 0.25) is 0 Å². The molecule has 0 radical (unpaired) electrons. The Hall–Kier alpha value is -3.58. The van der Waals surface area contributed by atoms with Crippen LogP contribution in [0.3, 0.4) is 0 Å². The van der Waals surface area contributed by atoms with E-state index in [4.69, 9.17) is 4.74 Å². The smallest absolute Gasteiger partial charge is 0.407 e. The SMILES string of the molecule is Cc1cc(C#CCNC(=O)OCC2c3ccccc3-c3ccccc32)ccc1F.